The highest BCUT2D eigenvalue weighted by Gasteiger charge is 2.30. The van der Waals surface area contributed by atoms with Gasteiger partial charge in [-0.2, -0.15) is 0 Å². The lowest BCUT2D eigenvalue weighted by Crippen LogP contribution is -2.46. The molecule has 1 rings (SSSR count). The number of aliphatic hydroxyl groups is 1. The predicted octanol–water partition coefficient (Wildman–Crippen LogP) is 0.459. The van der Waals surface area contributed by atoms with Crippen molar-refractivity contribution in [1.82, 2.24) is 5.32 Å². The van der Waals surface area contributed by atoms with E-state index in [9.17, 15) is 23.5 Å². The summed E-state index contributed by atoms with van der Waals surface area (Å²) >= 11 is 0. The number of carbonyl (C=O) groups excluding carboxylic acids is 1. The second kappa shape index (κ2) is 5.75. The van der Waals surface area contributed by atoms with E-state index in [0.29, 0.717) is 0 Å². The van der Waals surface area contributed by atoms with Crippen LogP contribution in [0.4, 0.5) is 8.78 Å². The molecule has 1 aromatic carbocycles. The molecule has 0 radical (unpaired) electrons. The molecule has 0 fully saturated rings. The quantitative estimate of drug-likeness (QED) is 0.727. The summed E-state index contributed by atoms with van der Waals surface area (Å²) in [5.74, 6) is -4.02. The van der Waals surface area contributed by atoms with Gasteiger partial charge in [0.2, 0.25) is 5.91 Å². The highest BCUT2D eigenvalue weighted by Crippen LogP contribution is 2.12. The first-order valence-electron chi connectivity index (χ1n) is 5.39. The Kier molecular flexibility index (Phi) is 4.55. The van der Waals surface area contributed by atoms with Crippen LogP contribution in [-0.2, 0) is 16.0 Å². The number of aliphatic carboxylic acids is 1. The summed E-state index contributed by atoms with van der Waals surface area (Å²) in [7, 11) is 0. The van der Waals surface area contributed by atoms with Crippen LogP contribution in [-0.4, -0.2) is 34.2 Å². The Hall–Kier alpha value is -2.02. The van der Waals surface area contributed by atoms with Crippen molar-refractivity contribution >= 4 is 11.9 Å². The van der Waals surface area contributed by atoms with E-state index >= 15 is 0 Å². The van der Waals surface area contributed by atoms with Crippen LogP contribution < -0.4 is 5.32 Å². The second-order valence-electron chi connectivity index (χ2n) is 4.23. The third-order valence-corrected chi connectivity index (χ3v) is 2.49. The van der Waals surface area contributed by atoms with Crippen molar-refractivity contribution in [1.29, 1.82) is 0 Å². The maximum absolute atomic E-state index is 13.2. The van der Waals surface area contributed by atoms with Gasteiger partial charge in [-0.25, -0.2) is 13.6 Å². The number of halogens is 2. The van der Waals surface area contributed by atoms with E-state index in [2.05, 4.69) is 5.32 Å². The van der Waals surface area contributed by atoms with E-state index in [0.717, 1.165) is 19.1 Å². The van der Waals surface area contributed by atoms with Crippen LogP contribution in [0.25, 0.3) is 0 Å². The number of nitrogens with one attached hydrogen (secondary N) is 1. The second-order valence-corrected chi connectivity index (χ2v) is 4.23. The van der Waals surface area contributed by atoms with Crippen molar-refractivity contribution in [3.05, 3.63) is 35.4 Å². The Labute approximate surface area is 107 Å². The highest BCUT2D eigenvalue weighted by atomic mass is 19.1. The van der Waals surface area contributed by atoms with Crippen LogP contribution in [0.5, 0.6) is 0 Å². The lowest BCUT2D eigenvalue weighted by molar-refractivity contribution is -0.156. The van der Waals surface area contributed by atoms with E-state index in [1.165, 1.54) is 6.07 Å². The van der Waals surface area contributed by atoms with Crippen LogP contribution in [0.3, 0.4) is 0 Å². The molecular formula is C12H13F2NO4. The van der Waals surface area contributed by atoms with Gasteiger partial charge in [0.1, 0.15) is 11.6 Å². The first-order valence-corrected chi connectivity index (χ1v) is 5.39. The first kappa shape index (κ1) is 15.0. The van der Waals surface area contributed by atoms with Crippen LogP contribution in [0, 0.1) is 11.6 Å². The summed E-state index contributed by atoms with van der Waals surface area (Å²) in [4.78, 5) is 22.0. The molecule has 104 valence electrons. The summed E-state index contributed by atoms with van der Waals surface area (Å²) in [5, 5.41) is 20.1. The third kappa shape index (κ3) is 3.99. The molecule has 1 unspecified atom stereocenters. The normalized spacial score (nSPS) is 13.7. The standard InChI is InChI=1S/C12H13F2NO4/c1-12(19,11(17)18)6-15-10(16)5-7-8(13)3-2-4-9(7)14/h2-4,19H,5-6H2,1H3,(H,15,16)(H,17,18). The van der Waals surface area contributed by atoms with E-state index in [-0.39, 0.29) is 0 Å². The topological polar surface area (TPSA) is 86.6 Å². The van der Waals surface area contributed by atoms with Crippen LogP contribution in [0.15, 0.2) is 18.2 Å². The average Bonchev–Trinajstić information content (AvgIpc) is 2.31. The van der Waals surface area contributed by atoms with Crippen molar-refractivity contribution in [2.75, 3.05) is 6.54 Å². The van der Waals surface area contributed by atoms with Crippen LogP contribution in [0.1, 0.15) is 12.5 Å². The first-order chi connectivity index (χ1) is 8.74. The zero-order valence-corrected chi connectivity index (χ0v) is 10.1. The molecular weight excluding hydrogens is 260 g/mol. The molecule has 0 heterocycles. The van der Waals surface area contributed by atoms with Gasteiger partial charge in [0, 0.05) is 5.56 Å². The Bertz CT molecular complexity index is 482. The van der Waals surface area contributed by atoms with Crippen LogP contribution in [0.2, 0.25) is 0 Å². The lowest BCUT2D eigenvalue weighted by atomic mass is 10.1. The Morgan fingerprint density at radius 2 is 1.84 bits per heavy atom. The minimum atomic E-state index is -2.14. The minimum Gasteiger partial charge on any atom is -0.479 e. The molecule has 1 aromatic rings. The maximum Gasteiger partial charge on any atom is 0.337 e. The van der Waals surface area contributed by atoms with Crippen molar-refractivity contribution in [3.8, 4) is 0 Å². The SMILES string of the molecule is CC(O)(CNC(=O)Cc1c(F)cccc1F)C(=O)O. The van der Waals surface area contributed by atoms with E-state index in [4.69, 9.17) is 5.11 Å². The number of rotatable bonds is 5. The van der Waals surface area contributed by atoms with Gasteiger partial charge in [-0.15, -0.1) is 0 Å². The fourth-order valence-corrected chi connectivity index (χ4v) is 1.27. The van der Waals surface area contributed by atoms with Gasteiger partial charge in [-0.05, 0) is 19.1 Å². The van der Waals surface area contributed by atoms with E-state index in [1.54, 1.807) is 0 Å². The lowest BCUT2D eigenvalue weighted by Gasteiger charge is -2.18. The monoisotopic (exact) mass is 273 g/mol. The zero-order chi connectivity index (χ0) is 14.6. The molecule has 0 spiro atoms. The van der Waals surface area contributed by atoms with Gasteiger partial charge in [0.05, 0.1) is 13.0 Å². The third-order valence-electron chi connectivity index (χ3n) is 2.49. The number of hydrogen-bond acceptors (Lipinski definition) is 3. The molecule has 5 nitrogen and oxygen atoms in total. The molecule has 19 heavy (non-hydrogen) atoms. The summed E-state index contributed by atoms with van der Waals surface area (Å²) in [5.41, 5.74) is -2.54. The fourth-order valence-electron chi connectivity index (χ4n) is 1.27. The molecule has 7 heteroatoms. The molecule has 3 N–H and O–H groups in total. The van der Waals surface area contributed by atoms with Crippen molar-refractivity contribution in [2.45, 2.75) is 18.9 Å². The van der Waals surface area contributed by atoms with E-state index < -0.39 is 47.6 Å². The number of benzene rings is 1. The van der Waals surface area contributed by atoms with Crippen molar-refractivity contribution < 1.29 is 28.6 Å². The number of carboxylic acid groups (broad SMARTS) is 1. The van der Waals surface area contributed by atoms with Gasteiger partial charge >= 0.3 is 5.97 Å². The molecule has 0 saturated carbocycles. The minimum absolute atomic E-state index is 0.407. The van der Waals surface area contributed by atoms with E-state index in [1.807, 2.05) is 0 Å². The van der Waals surface area contributed by atoms with Gasteiger partial charge < -0.3 is 15.5 Å². The smallest absolute Gasteiger partial charge is 0.337 e. The van der Waals surface area contributed by atoms with Gasteiger partial charge in [0.25, 0.3) is 0 Å². The number of carbonyl (C=O) groups is 2. The van der Waals surface area contributed by atoms with Crippen molar-refractivity contribution in [3.63, 3.8) is 0 Å². The fraction of sp³-hybridized carbons (Fsp3) is 0.333. The molecule has 1 atom stereocenters. The van der Waals surface area contributed by atoms with Gasteiger partial charge in [-0.3, -0.25) is 4.79 Å². The summed E-state index contributed by atoms with van der Waals surface area (Å²) < 4.78 is 26.5. The predicted molar refractivity (Wildman–Crippen MR) is 61.3 cm³/mol. The molecule has 0 aliphatic carbocycles. The zero-order valence-electron chi connectivity index (χ0n) is 10.1. The Morgan fingerprint density at radius 3 is 2.32 bits per heavy atom. The Morgan fingerprint density at radius 1 is 1.32 bits per heavy atom. The number of amides is 1. The number of hydrogen-bond donors (Lipinski definition) is 3. The average molecular weight is 273 g/mol. The molecule has 0 bridgehead atoms. The largest absolute Gasteiger partial charge is 0.479 e. The summed E-state index contributed by atoms with van der Waals surface area (Å²) in [6, 6.07) is 3.19. The molecule has 0 aliphatic rings. The molecule has 1 amide bonds. The van der Waals surface area contributed by atoms with Gasteiger partial charge in [-0.1, -0.05) is 6.07 Å². The molecule has 0 saturated heterocycles. The van der Waals surface area contributed by atoms with Crippen LogP contribution >= 0.6 is 0 Å². The number of carboxylic acids is 1. The maximum atomic E-state index is 13.2. The van der Waals surface area contributed by atoms with Crippen molar-refractivity contribution in [2.24, 2.45) is 0 Å². The Balaban J connectivity index is 2.64. The highest BCUT2D eigenvalue weighted by molar-refractivity contribution is 5.81. The summed E-state index contributed by atoms with van der Waals surface area (Å²) in [6.45, 7) is 0.441. The van der Waals surface area contributed by atoms with Gasteiger partial charge in [0.15, 0.2) is 5.60 Å². The summed E-state index contributed by atoms with van der Waals surface area (Å²) in [6.07, 6.45) is -0.575. The molecule has 0 aromatic heterocycles. The molecule has 0 aliphatic heterocycles.